The number of hydrogen-bond acceptors (Lipinski definition) is 13. The van der Waals surface area contributed by atoms with Gasteiger partial charge in [0.2, 0.25) is 0 Å². The van der Waals surface area contributed by atoms with Crippen LogP contribution in [0.2, 0.25) is 0 Å². The fourth-order valence-corrected chi connectivity index (χ4v) is 9.72. The molecule has 2 aromatic carbocycles. The van der Waals surface area contributed by atoms with Crippen LogP contribution in [0.4, 0.5) is 4.79 Å². The predicted octanol–water partition coefficient (Wildman–Crippen LogP) is 2.62. The van der Waals surface area contributed by atoms with E-state index in [9.17, 15) is 44.7 Å². The SMILES string of the molecule is C[C@H]1[C@@H]2[C@@H](O)C(=O)[C@@]3(C)[C@H]([C@H](OC(=O)c4ccccc4)[C@](O)(C[C@@H]1OC(=O)[C@H](O)[C@@H](NC(=O)OC(C)(C)C)c1ccccc1)C2(C)C)[C@]1(O)CO[C@@H]1C[C@@H]3O. The number of esters is 2. The summed E-state index contributed by atoms with van der Waals surface area (Å²) in [4.78, 5) is 55.5. The molecular formula is C41H53NO13. The molecule has 3 saturated carbocycles. The van der Waals surface area contributed by atoms with Crippen molar-refractivity contribution < 1.29 is 63.7 Å². The minimum atomic E-state index is -2.25. The average molecular weight is 768 g/mol. The molecule has 4 aliphatic rings. The number of carbonyl (C=O) groups is 4. The van der Waals surface area contributed by atoms with Crippen molar-refractivity contribution in [3.05, 3.63) is 71.8 Å². The van der Waals surface area contributed by atoms with Gasteiger partial charge in [0.1, 0.15) is 35.1 Å². The van der Waals surface area contributed by atoms with Gasteiger partial charge in [0.05, 0.1) is 35.8 Å². The van der Waals surface area contributed by atoms with Gasteiger partial charge in [-0.25, -0.2) is 14.4 Å². The first-order valence-electron chi connectivity index (χ1n) is 18.7. The van der Waals surface area contributed by atoms with E-state index in [1.807, 2.05) is 0 Å². The molecule has 0 radical (unpaired) electrons. The molecule has 6 N–H and O–H groups in total. The quantitative estimate of drug-likeness (QED) is 0.177. The molecule has 1 aliphatic heterocycles. The summed E-state index contributed by atoms with van der Waals surface area (Å²) in [6, 6.07) is 14.8. The van der Waals surface area contributed by atoms with Crippen LogP contribution >= 0.6 is 0 Å². The molecule has 1 amide bonds. The van der Waals surface area contributed by atoms with E-state index in [1.54, 1.807) is 90.1 Å². The Morgan fingerprint density at radius 1 is 0.945 bits per heavy atom. The van der Waals surface area contributed by atoms with E-state index >= 15 is 0 Å². The highest BCUT2D eigenvalue weighted by molar-refractivity contribution is 5.92. The largest absolute Gasteiger partial charge is 0.460 e. The summed E-state index contributed by atoms with van der Waals surface area (Å²) in [7, 11) is 0. The molecule has 13 atom stereocenters. The monoisotopic (exact) mass is 767 g/mol. The summed E-state index contributed by atoms with van der Waals surface area (Å²) >= 11 is 0. The van der Waals surface area contributed by atoms with Crippen LogP contribution in [0.5, 0.6) is 0 Å². The first kappa shape index (κ1) is 40.7. The number of hydrogen-bond donors (Lipinski definition) is 6. The van der Waals surface area contributed by atoms with E-state index in [2.05, 4.69) is 5.32 Å². The van der Waals surface area contributed by atoms with Crippen molar-refractivity contribution in [2.24, 2.45) is 28.6 Å². The molecule has 2 aromatic rings. The van der Waals surface area contributed by atoms with E-state index in [-0.39, 0.29) is 18.6 Å². The number of aliphatic hydroxyl groups is 5. The lowest BCUT2D eigenvalue weighted by molar-refractivity contribution is -0.354. The molecule has 0 aromatic heterocycles. The van der Waals surface area contributed by atoms with Gasteiger partial charge in [0.25, 0.3) is 0 Å². The molecule has 2 bridgehead atoms. The number of Topliss-reactive ketones (excluding diaryl/α,β-unsaturated/α-hetero) is 1. The van der Waals surface area contributed by atoms with Crippen LogP contribution in [0.15, 0.2) is 60.7 Å². The molecule has 300 valence electrons. The molecule has 1 heterocycles. The van der Waals surface area contributed by atoms with Gasteiger partial charge in [-0.1, -0.05) is 69.3 Å². The van der Waals surface area contributed by atoms with Crippen LogP contribution in [0.25, 0.3) is 0 Å². The minimum absolute atomic E-state index is 0.111. The zero-order chi connectivity index (χ0) is 40.5. The molecule has 6 rings (SSSR count). The van der Waals surface area contributed by atoms with Gasteiger partial charge in [-0.3, -0.25) is 4.79 Å². The smallest absolute Gasteiger partial charge is 0.408 e. The minimum Gasteiger partial charge on any atom is -0.460 e. The van der Waals surface area contributed by atoms with Gasteiger partial charge in [-0.2, -0.15) is 0 Å². The summed E-state index contributed by atoms with van der Waals surface area (Å²) in [6.45, 7) is 10.9. The zero-order valence-electron chi connectivity index (χ0n) is 32.2. The van der Waals surface area contributed by atoms with E-state index in [1.165, 1.54) is 19.1 Å². The van der Waals surface area contributed by atoms with Crippen LogP contribution in [0.3, 0.4) is 0 Å². The van der Waals surface area contributed by atoms with E-state index in [0.29, 0.717) is 5.56 Å². The summed E-state index contributed by atoms with van der Waals surface area (Å²) in [5.74, 6) is -6.46. The van der Waals surface area contributed by atoms with Crippen molar-refractivity contribution in [3.8, 4) is 0 Å². The van der Waals surface area contributed by atoms with Crippen LogP contribution in [0, 0.1) is 28.6 Å². The Labute approximate surface area is 320 Å². The Balaban J connectivity index is 1.42. The number of ketones is 1. The number of ether oxygens (including phenoxy) is 4. The van der Waals surface area contributed by atoms with Crippen LogP contribution in [-0.4, -0.2) is 109 Å². The molecule has 0 spiro atoms. The van der Waals surface area contributed by atoms with Crippen molar-refractivity contribution in [1.82, 2.24) is 5.32 Å². The summed E-state index contributed by atoms with van der Waals surface area (Å²) in [6.07, 6.45) is -10.9. The van der Waals surface area contributed by atoms with Crippen molar-refractivity contribution >= 4 is 23.8 Å². The summed E-state index contributed by atoms with van der Waals surface area (Å²) in [5.41, 5.74) is -7.98. The number of benzene rings is 2. The number of nitrogens with one attached hydrogen (secondary N) is 1. The fourth-order valence-electron chi connectivity index (χ4n) is 9.72. The predicted molar refractivity (Wildman–Crippen MR) is 194 cm³/mol. The van der Waals surface area contributed by atoms with Crippen molar-refractivity contribution in [3.63, 3.8) is 0 Å². The van der Waals surface area contributed by atoms with E-state index in [4.69, 9.17) is 18.9 Å². The lowest BCUT2D eigenvalue weighted by Gasteiger charge is -2.68. The first-order valence-corrected chi connectivity index (χ1v) is 18.7. The maximum absolute atomic E-state index is 14.7. The number of alkyl carbamates (subject to hydrolysis) is 1. The van der Waals surface area contributed by atoms with Crippen LogP contribution in [-0.2, 0) is 28.5 Å². The molecule has 0 unspecified atom stereocenters. The topological polar surface area (TPSA) is 218 Å². The molecular weight excluding hydrogens is 714 g/mol. The number of rotatable bonds is 7. The third-order valence-electron chi connectivity index (χ3n) is 12.8. The molecule has 3 aliphatic carbocycles. The first-order chi connectivity index (χ1) is 25.6. The second kappa shape index (κ2) is 14.2. The number of fused-ring (bicyclic) bond motifs is 5. The molecule has 55 heavy (non-hydrogen) atoms. The highest BCUT2D eigenvalue weighted by Crippen LogP contribution is 2.64. The van der Waals surface area contributed by atoms with E-state index in [0.717, 1.165) is 0 Å². The standard InChI is InChI=1S/C41H53NO13/c1-21-24(53-35(48)30(45)28(22-14-10-8-11-15-22)42-36(49)55-37(2,3)4)19-41(51)33(54-34(47)23-16-12-9-13-17-23)31-39(7,25(43)18-26-40(31,50)20-52-26)32(46)29(44)27(21)38(41,5)6/h8-17,21,24-31,33,43-45,50-51H,18-20H2,1-7H3,(H,42,49)/t21-,24+,25+,26-,27-,28+,29-,30-,31+,33+,39-,40+,41-/m1/s1. The van der Waals surface area contributed by atoms with Crippen LogP contribution in [0.1, 0.15) is 83.3 Å². The van der Waals surface area contributed by atoms with Gasteiger partial charge in [0, 0.05) is 30.1 Å². The lowest BCUT2D eigenvalue weighted by atomic mass is 9.42. The number of amides is 1. The Morgan fingerprint density at radius 2 is 1.55 bits per heavy atom. The third kappa shape index (κ3) is 6.74. The highest BCUT2D eigenvalue weighted by Gasteiger charge is 2.77. The van der Waals surface area contributed by atoms with Crippen molar-refractivity contribution in [1.29, 1.82) is 0 Å². The molecule has 14 nitrogen and oxygen atoms in total. The second-order valence-corrected chi connectivity index (χ2v) is 17.5. The van der Waals surface area contributed by atoms with Crippen molar-refractivity contribution in [2.75, 3.05) is 6.61 Å². The van der Waals surface area contributed by atoms with Gasteiger partial charge >= 0.3 is 18.0 Å². The Kier molecular flexibility index (Phi) is 10.5. The number of aliphatic hydroxyl groups excluding tert-OH is 3. The highest BCUT2D eigenvalue weighted by atomic mass is 16.6. The zero-order valence-corrected chi connectivity index (χ0v) is 32.2. The normalized spacial score (nSPS) is 37.6. The van der Waals surface area contributed by atoms with Crippen molar-refractivity contribution in [2.45, 2.75) is 121 Å². The lowest BCUT2D eigenvalue weighted by Crippen LogP contribution is -2.82. The number of carbonyl (C=O) groups excluding carboxylic acids is 4. The Hall–Kier alpha value is -3.92. The summed E-state index contributed by atoms with van der Waals surface area (Å²) < 4.78 is 23.3. The maximum atomic E-state index is 14.7. The third-order valence-corrected chi connectivity index (χ3v) is 12.8. The molecule has 1 saturated heterocycles. The van der Waals surface area contributed by atoms with Gasteiger partial charge in [0.15, 0.2) is 11.9 Å². The Morgan fingerprint density at radius 3 is 2.11 bits per heavy atom. The van der Waals surface area contributed by atoms with Gasteiger partial charge in [-0.15, -0.1) is 0 Å². The Bertz CT molecular complexity index is 1780. The van der Waals surface area contributed by atoms with Crippen LogP contribution < -0.4 is 5.32 Å². The summed E-state index contributed by atoms with van der Waals surface area (Å²) in [5, 5.41) is 63.3. The molecule has 4 fully saturated rings. The fraction of sp³-hybridized carbons (Fsp3) is 0.610. The molecule has 14 heteroatoms. The average Bonchev–Trinajstić information content (AvgIpc) is 3.12. The van der Waals surface area contributed by atoms with Gasteiger partial charge < -0.3 is 49.8 Å². The van der Waals surface area contributed by atoms with E-state index < -0.39 is 118 Å². The second-order valence-electron chi connectivity index (χ2n) is 17.5. The maximum Gasteiger partial charge on any atom is 0.408 e. The van der Waals surface area contributed by atoms with Gasteiger partial charge in [-0.05, 0) is 51.3 Å².